The number of fused-ring (bicyclic) bond motifs is 8. The first kappa shape index (κ1) is 24.5. The van der Waals surface area contributed by atoms with Crippen LogP contribution < -0.4 is 5.32 Å². The summed E-state index contributed by atoms with van der Waals surface area (Å²) in [4.78, 5) is 0. The molecule has 0 aliphatic heterocycles. The van der Waals surface area contributed by atoms with Crippen LogP contribution in [0.2, 0.25) is 0 Å². The highest BCUT2D eigenvalue weighted by Gasteiger charge is 2.07. The zero-order valence-electron chi connectivity index (χ0n) is 24.5. The van der Waals surface area contributed by atoms with E-state index < -0.39 is 0 Å². The number of nitrogens with one attached hydrogen (secondary N) is 1. The second-order valence-corrected chi connectivity index (χ2v) is 12.4. The van der Waals surface area contributed by atoms with Crippen LogP contribution in [0.15, 0.2) is 158 Å². The molecule has 0 spiro atoms. The van der Waals surface area contributed by atoms with Gasteiger partial charge in [-0.2, -0.15) is 0 Å². The summed E-state index contributed by atoms with van der Waals surface area (Å²) in [7, 11) is 0. The average molecular weight is 570 g/mol. The van der Waals surface area contributed by atoms with Gasteiger partial charge in [-0.25, -0.2) is 0 Å². The second-order valence-electron chi connectivity index (χ2n) is 12.4. The Morgan fingerprint density at radius 1 is 0.200 bits per heavy atom. The standard InChI is InChI=1S/C44H27N/c1-3-7-29-15-35-21-39-23-41-25-43(11-9-31(41)17-37(39)19-33(35)13-27(29)5-1)45-44-12-10-32-18-38-20-34-14-28-6-2-4-8-30(28)16-36(34)22-40(38)24-42(32)26-44/h1-26,45H. The Labute approximate surface area is 259 Å². The Morgan fingerprint density at radius 2 is 0.422 bits per heavy atom. The van der Waals surface area contributed by atoms with Gasteiger partial charge in [-0.1, -0.05) is 60.7 Å². The van der Waals surface area contributed by atoms with Crippen LogP contribution in [0.3, 0.4) is 0 Å². The van der Waals surface area contributed by atoms with Crippen molar-refractivity contribution in [1.82, 2.24) is 0 Å². The zero-order valence-corrected chi connectivity index (χ0v) is 24.5. The third kappa shape index (κ3) is 4.09. The van der Waals surface area contributed by atoms with Gasteiger partial charge < -0.3 is 5.32 Å². The third-order valence-corrected chi connectivity index (χ3v) is 9.52. The molecule has 208 valence electrons. The van der Waals surface area contributed by atoms with Crippen LogP contribution in [-0.2, 0) is 0 Å². The first-order valence-corrected chi connectivity index (χ1v) is 15.6. The molecule has 0 atom stereocenters. The highest BCUT2D eigenvalue weighted by atomic mass is 14.9. The maximum Gasteiger partial charge on any atom is 0.0390 e. The molecule has 0 saturated carbocycles. The monoisotopic (exact) mass is 569 g/mol. The summed E-state index contributed by atoms with van der Waals surface area (Å²) in [6.07, 6.45) is 0. The lowest BCUT2D eigenvalue weighted by molar-refractivity contribution is 1.59. The van der Waals surface area contributed by atoms with Gasteiger partial charge in [0.05, 0.1) is 0 Å². The predicted molar refractivity (Wildman–Crippen MR) is 196 cm³/mol. The molecule has 0 saturated heterocycles. The number of hydrogen-bond acceptors (Lipinski definition) is 1. The zero-order chi connectivity index (χ0) is 29.5. The quantitative estimate of drug-likeness (QED) is 0.204. The topological polar surface area (TPSA) is 12.0 Å². The summed E-state index contributed by atoms with van der Waals surface area (Å²) in [6.45, 7) is 0. The molecule has 0 aromatic heterocycles. The minimum absolute atomic E-state index is 1.09. The van der Waals surface area contributed by atoms with Gasteiger partial charge in [-0.3, -0.25) is 0 Å². The lowest BCUT2D eigenvalue weighted by Crippen LogP contribution is -1.90. The summed E-state index contributed by atoms with van der Waals surface area (Å²) >= 11 is 0. The fraction of sp³-hybridized carbons (Fsp3) is 0. The Balaban J connectivity index is 1.02. The molecule has 1 nitrogen and oxygen atoms in total. The van der Waals surface area contributed by atoms with Gasteiger partial charge >= 0.3 is 0 Å². The van der Waals surface area contributed by atoms with Crippen LogP contribution in [0.25, 0.3) is 86.2 Å². The van der Waals surface area contributed by atoms with E-state index in [2.05, 4.69) is 163 Å². The Kier molecular flexibility index (Phi) is 5.06. The van der Waals surface area contributed by atoms with E-state index in [1.165, 1.54) is 86.2 Å². The molecule has 0 heterocycles. The summed E-state index contributed by atoms with van der Waals surface area (Å²) in [5.41, 5.74) is 2.18. The minimum atomic E-state index is 1.09. The largest absolute Gasteiger partial charge is 0.355 e. The molecular weight excluding hydrogens is 542 g/mol. The molecule has 0 unspecified atom stereocenters. The first-order valence-electron chi connectivity index (χ1n) is 15.6. The van der Waals surface area contributed by atoms with Crippen molar-refractivity contribution >= 4 is 97.6 Å². The molecule has 1 heteroatoms. The van der Waals surface area contributed by atoms with Crippen LogP contribution >= 0.6 is 0 Å². The van der Waals surface area contributed by atoms with Gasteiger partial charge in [-0.15, -0.1) is 0 Å². The number of anilines is 2. The van der Waals surface area contributed by atoms with Crippen LogP contribution in [0, 0.1) is 0 Å². The highest BCUT2D eigenvalue weighted by molar-refractivity contribution is 6.10. The molecule has 0 bridgehead atoms. The minimum Gasteiger partial charge on any atom is -0.355 e. The summed E-state index contributed by atoms with van der Waals surface area (Å²) < 4.78 is 0. The fourth-order valence-corrected chi connectivity index (χ4v) is 7.21. The van der Waals surface area contributed by atoms with Gasteiger partial charge in [-0.05, 0) is 183 Å². The summed E-state index contributed by atoms with van der Waals surface area (Å²) in [5, 5.41) is 24.0. The number of hydrogen-bond donors (Lipinski definition) is 1. The van der Waals surface area contributed by atoms with Crippen molar-refractivity contribution in [2.45, 2.75) is 0 Å². The normalized spacial score (nSPS) is 12.0. The van der Waals surface area contributed by atoms with E-state index >= 15 is 0 Å². The maximum absolute atomic E-state index is 3.68. The molecule has 45 heavy (non-hydrogen) atoms. The molecule has 0 aliphatic rings. The number of rotatable bonds is 2. The van der Waals surface area contributed by atoms with Gasteiger partial charge in [0.15, 0.2) is 0 Å². The average Bonchev–Trinajstić information content (AvgIpc) is 3.06. The fourth-order valence-electron chi connectivity index (χ4n) is 7.21. The SMILES string of the molecule is c1ccc2cc3cc4cc5cc(Nc6ccc7cc8cc9cc%10ccccc%10cc9cc8cc7c6)ccc5cc4cc3cc2c1. The van der Waals surface area contributed by atoms with E-state index in [-0.39, 0.29) is 0 Å². The van der Waals surface area contributed by atoms with E-state index in [1.807, 2.05) is 0 Å². The van der Waals surface area contributed by atoms with Crippen LogP contribution in [-0.4, -0.2) is 0 Å². The molecule has 10 aromatic carbocycles. The van der Waals surface area contributed by atoms with Crippen LogP contribution in [0.1, 0.15) is 0 Å². The van der Waals surface area contributed by atoms with Crippen molar-refractivity contribution in [3.8, 4) is 0 Å². The summed E-state index contributed by atoms with van der Waals surface area (Å²) in [5.74, 6) is 0. The molecule has 0 radical (unpaired) electrons. The molecular formula is C44H27N. The van der Waals surface area contributed by atoms with E-state index in [0.29, 0.717) is 0 Å². The van der Waals surface area contributed by atoms with E-state index in [0.717, 1.165) is 11.4 Å². The van der Waals surface area contributed by atoms with E-state index in [1.54, 1.807) is 0 Å². The molecule has 10 aromatic rings. The van der Waals surface area contributed by atoms with Crippen molar-refractivity contribution in [2.24, 2.45) is 0 Å². The van der Waals surface area contributed by atoms with Crippen molar-refractivity contribution in [2.75, 3.05) is 5.32 Å². The van der Waals surface area contributed by atoms with E-state index in [4.69, 9.17) is 0 Å². The van der Waals surface area contributed by atoms with E-state index in [9.17, 15) is 0 Å². The lowest BCUT2D eigenvalue weighted by atomic mass is 9.97. The maximum atomic E-state index is 3.68. The molecule has 0 aliphatic carbocycles. The van der Waals surface area contributed by atoms with Gasteiger partial charge in [0, 0.05) is 11.4 Å². The first-order chi connectivity index (χ1) is 22.2. The van der Waals surface area contributed by atoms with Gasteiger partial charge in [0.1, 0.15) is 0 Å². The van der Waals surface area contributed by atoms with Crippen LogP contribution in [0.4, 0.5) is 11.4 Å². The van der Waals surface area contributed by atoms with Gasteiger partial charge in [0.2, 0.25) is 0 Å². The number of benzene rings is 10. The Bertz CT molecular complexity index is 2650. The second kappa shape index (κ2) is 9.29. The van der Waals surface area contributed by atoms with Crippen molar-refractivity contribution in [1.29, 1.82) is 0 Å². The molecule has 0 fully saturated rings. The highest BCUT2D eigenvalue weighted by Crippen LogP contribution is 2.34. The van der Waals surface area contributed by atoms with Crippen molar-refractivity contribution < 1.29 is 0 Å². The Hall–Kier alpha value is -5.92. The van der Waals surface area contributed by atoms with Crippen molar-refractivity contribution in [3.63, 3.8) is 0 Å². The lowest BCUT2D eigenvalue weighted by Gasteiger charge is -2.11. The predicted octanol–water partition coefficient (Wildman–Crippen LogP) is 12.7. The molecule has 0 amide bonds. The molecule has 10 rings (SSSR count). The smallest absolute Gasteiger partial charge is 0.0390 e. The van der Waals surface area contributed by atoms with Crippen LogP contribution in [0.5, 0.6) is 0 Å². The summed E-state index contributed by atoms with van der Waals surface area (Å²) in [6, 6.07) is 58.4. The molecule has 1 N–H and O–H groups in total. The van der Waals surface area contributed by atoms with Gasteiger partial charge in [0.25, 0.3) is 0 Å². The van der Waals surface area contributed by atoms with Crippen molar-refractivity contribution in [3.05, 3.63) is 158 Å². The Morgan fingerprint density at radius 3 is 0.711 bits per heavy atom. The third-order valence-electron chi connectivity index (χ3n) is 9.52.